The van der Waals surface area contributed by atoms with Crippen molar-refractivity contribution in [1.29, 1.82) is 0 Å². The van der Waals surface area contributed by atoms with Crippen molar-refractivity contribution in [2.75, 3.05) is 6.54 Å². The van der Waals surface area contributed by atoms with E-state index in [0.29, 0.717) is 19.4 Å². The molecule has 3 N–H and O–H groups in total. The van der Waals surface area contributed by atoms with Crippen molar-refractivity contribution in [3.8, 4) is 0 Å². The quantitative estimate of drug-likeness (QED) is 0.593. The van der Waals surface area contributed by atoms with E-state index in [1.54, 1.807) is 20.8 Å². The highest BCUT2D eigenvalue weighted by Gasteiger charge is 2.26. The summed E-state index contributed by atoms with van der Waals surface area (Å²) in [5.74, 6) is -1.24. The first-order valence-corrected chi connectivity index (χ1v) is 7.52. The van der Waals surface area contributed by atoms with Gasteiger partial charge in [0.2, 0.25) is 5.91 Å². The van der Waals surface area contributed by atoms with E-state index in [2.05, 4.69) is 10.6 Å². The van der Waals surface area contributed by atoms with Crippen LogP contribution in [0.5, 0.6) is 0 Å². The predicted molar refractivity (Wildman–Crippen MR) is 82.5 cm³/mol. The molecule has 0 fully saturated rings. The van der Waals surface area contributed by atoms with Crippen LogP contribution in [-0.4, -0.2) is 41.3 Å². The van der Waals surface area contributed by atoms with E-state index in [9.17, 15) is 14.4 Å². The number of carboxylic acids is 1. The Labute approximate surface area is 131 Å². The molecule has 0 bridgehead atoms. The zero-order valence-corrected chi connectivity index (χ0v) is 14.1. The molecule has 128 valence electrons. The van der Waals surface area contributed by atoms with Gasteiger partial charge in [0, 0.05) is 13.0 Å². The van der Waals surface area contributed by atoms with Gasteiger partial charge in [-0.3, -0.25) is 9.59 Å². The Morgan fingerprint density at radius 1 is 1.14 bits per heavy atom. The van der Waals surface area contributed by atoms with Crippen LogP contribution in [0.4, 0.5) is 4.79 Å². The molecule has 0 radical (unpaired) electrons. The predicted octanol–water partition coefficient (Wildman–Crippen LogP) is 1.91. The minimum Gasteiger partial charge on any atom is -0.481 e. The number of carbonyl (C=O) groups excluding carboxylic acids is 2. The summed E-state index contributed by atoms with van der Waals surface area (Å²) in [5.41, 5.74) is -0.626. The Bertz CT molecular complexity index is 388. The van der Waals surface area contributed by atoms with Crippen molar-refractivity contribution in [3.63, 3.8) is 0 Å². The van der Waals surface area contributed by atoms with Gasteiger partial charge < -0.3 is 20.5 Å². The fraction of sp³-hybridized carbons (Fsp3) is 0.800. The Hall–Kier alpha value is -1.79. The van der Waals surface area contributed by atoms with Gasteiger partial charge >= 0.3 is 12.1 Å². The van der Waals surface area contributed by atoms with E-state index in [0.717, 1.165) is 0 Å². The maximum atomic E-state index is 12.1. The van der Waals surface area contributed by atoms with Crippen molar-refractivity contribution in [3.05, 3.63) is 0 Å². The molecule has 2 amide bonds. The molecule has 0 heterocycles. The summed E-state index contributed by atoms with van der Waals surface area (Å²) in [6, 6.07) is -0.686. The van der Waals surface area contributed by atoms with Crippen LogP contribution in [0.3, 0.4) is 0 Å². The first kappa shape index (κ1) is 20.2. The molecule has 0 rings (SSSR count). The third-order valence-electron chi connectivity index (χ3n) is 2.74. The molecule has 7 nitrogen and oxygen atoms in total. The van der Waals surface area contributed by atoms with E-state index in [-0.39, 0.29) is 18.2 Å². The Morgan fingerprint density at radius 3 is 2.18 bits per heavy atom. The molecule has 0 aromatic heterocycles. The van der Waals surface area contributed by atoms with Crippen LogP contribution in [0, 0.1) is 5.92 Å². The fourth-order valence-corrected chi connectivity index (χ4v) is 1.69. The van der Waals surface area contributed by atoms with Crippen molar-refractivity contribution < 1.29 is 24.2 Å². The third kappa shape index (κ3) is 10.0. The second-order valence-corrected chi connectivity index (χ2v) is 6.51. The van der Waals surface area contributed by atoms with E-state index in [4.69, 9.17) is 9.84 Å². The number of hydrogen-bond acceptors (Lipinski definition) is 4. The monoisotopic (exact) mass is 316 g/mol. The lowest BCUT2D eigenvalue weighted by Gasteiger charge is -2.25. The highest BCUT2D eigenvalue weighted by atomic mass is 16.6. The maximum Gasteiger partial charge on any atom is 0.408 e. The average Bonchev–Trinajstić information content (AvgIpc) is 2.32. The minimum atomic E-state index is -0.849. The Kier molecular flexibility index (Phi) is 8.52. The molecule has 0 saturated carbocycles. The van der Waals surface area contributed by atoms with Crippen LogP contribution in [0.2, 0.25) is 0 Å². The Balaban J connectivity index is 4.29. The number of carbonyl (C=O) groups is 3. The summed E-state index contributed by atoms with van der Waals surface area (Å²) in [7, 11) is 0. The van der Waals surface area contributed by atoms with Crippen LogP contribution < -0.4 is 10.6 Å². The summed E-state index contributed by atoms with van der Waals surface area (Å²) in [4.78, 5) is 34.2. The molecular formula is C15H28N2O5. The summed E-state index contributed by atoms with van der Waals surface area (Å²) in [6.45, 7) is 9.28. The lowest BCUT2D eigenvalue weighted by Crippen LogP contribution is -2.51. The second kappa shape index (κ2) is 9.27. The second-order valence-electron chi connectivity index (χ2n) is 6.51. The summed E-state index contributed by atoms with van der Waals surface area (Å²) in [6.07, 6.45) is 0.531. The molecule has 0 unspecified atom stereocenters. The van der Waals surface area contributed by atoms with Gasteiger partial charge in [0.05, 0.1) is 0 Å². The van der Waals surface area contributed by atoms with Gasteiger partial charge in [0.25, 0.3) is 0 Å². The van der Waals surface area contributed by atoms with Crippen molar-refractivity contribution in [1.82, 2.24) is 10.6 Å². The molecule has 1 atom stereocenters. The lowest BCUT2D eigenvalue weighted by molar-refractivity contribution is -0.137. The van der Waals surface area contributed by atoms with Crippen LogP contribution in [-0.2, 0) is 14.3 Å². The molecule has 0 aliphatic carbocycles. The van der Waals surface area contributed by atoms with E-state index >= 15 is 0 Å². The topological polar surface area (TPSA) is 105 Å². The molecule has 7 heteroatoms. The zero-order chi connectivity index (χ0) is 17.3. The number of ether oxygens (including phenoxy) is 1. The number of alkyl carbamates (subject to hydrolysis) is 1. The average molecular weight is 316 g/mol. The normalized spacial score (nSPS) is 12.6. The zero-order valence-electron chi connectivity index (χ0n) is 14.1. The number of unbranched alkanes of at least 4 members (excludes halogenated alkanes) is 1. The van der Waals surface area contributed by atoms with E-state index in [1.165, 1.54) is 0 Å². The number of carboxylic acid groups (broad SMARTS) is 1. The molecule has 0 aromatic carbocycles. The van der Waals surface area contributed by atoms with Gasteiger partial charge in [-0.05, 0) is 39.5 Å². The first-order chi connectivity index (χ1) is 10.0. The van der Waals surface area contributed by atoms with Crippen LogP contribution in [0.1, 0.15) is 53.9 Å². The molecule has 22 heavy (non-hydrogen) atoms. The maximum absolute atomic E-state index is 12.1. The van der Waals surface area contributed by atoms with Gasteiger partial charge in [0.15, 0.2) is 0 Å². The first-order valence-electron chi connectivity index (χ1n) is 7.52. The fourth-order valence-electron chi connectivity index (χ4n) is 1.69. The summed E-state index contributed by atoms with van der Waals surface area (Å²) < 4.78 is 5.14. The van der Waals surface area contributed by atoms with Crippen LogP contribution in [0.25, 0.3) is 0 Å². The van der Waals surface area contributed by atoms with E-state index < -0.39 is 23.7 Å². The van der Waals surface area contributed by atoms with Gasteiger partial charge in [-0.15, -0.1) is 0 Å². The molecule has 0 spiro atoms. The van der Waals surface area contributed by atoms with E-state index in [1.807, 2.05) is 13.8 Å². The number of hydrogen-bond donors (Lipinski definition) is 3. The number of rotatable bonds is 8. The third-order valence-corrected chi connectivity index (χ3v) is 2.74. The summed E-state index contributed by atoms with van der Waals surface area (Å²) in [5, 5.41) is 13.8. The summed E-state index contributed by atoms with van der Waals surface area (Å²) >= 11 is 0. The van der Waals surface area contributed by atoms with Gasteiger partial charge in [-0.25, -0.2) is 4.79 Å². The largest absolute Gasteiger partial charge is 0.481 e. The number of nitrogens with one attached hydrogen (secondary N) is 2. The van der Waals surface area contributed by atoms with Gasteiger partial charge in [-0.2, -0.15) is 0 Å². The number of amides is 2. The molecule has 0 aromatic rings. The highest BCUT2D eigenvalue weighted by molar-refractivity contribution is 5.85. The smallest absolute Gasteiger partial charge is 0.408 e. The van der Waals surface area contributed by atoms with Crippen molar-refractivity contribution in [2.45, 2.75) is 65.5 Å². The van der Waals surface area contributed by atoms with Crippen LogP contribution in [0.15, 0.2) is 0 Å². The lowest BCUT2D eigenvalue weighted by atomic mass is 10.0. The van der Waals surface area contributed by atoms with Crippen molar-refractivity contribution >= 4 is 18.0 Å². The molecule has 0 aliphatic rings. The minimum absolute atomic E-state index is 0.0830. The van der Waals surface area contributed by atoms with Crippen molar-refractivity contribution in [2.24, 2.45) is 5.92 Å². The molecular weight excluding hydrogens is 288 g/mol. The van der Waals surface area contributed by atoms with Gasteiger partial charge in [-0.1, -0.05) is 13.8 Å². The standard InChI is InChI=1S/C15H28N2O5/c1-10(2)12(17-14(21)22-15(3,4)5)13(20)16-9-7-6-8-11(18)19/h10,12H,6-9H2,1-5H3,(H,16,20)(H,17,21)(H,18,19)/t12-/m0/s1. The van der Waals surface area contributed by atoms with Crippen LogP contribution >= 0.6 is 0 Å². The Morgan fingerprint density at radius 2 is 1.73 bits per heavy atom. The number of aliphatic carboxylic acids is 1. The molecule has 0 aliphatic heterocycles. The SMILES string of the molecule is CC(C)[C@H](NC(=O)OC(C)(C)C)C(=O)NCCCCC(=O)O. The van der Waals surface area contributed by atoms with Gasteiger partial charge in [0.1, 0.15) is 11.6 Å². The molecule has 0 saturated heterocycles. The highest BCUT2D eigenvalue weighted by Crippen LogP contribution is 2.09.